The maximum absolute atomic E-state index is 12.3. The molecule has 0 spiro atoms. The van der Waals surface area contributed by atoms with Crippen LogP contribution in [0.25, 0.3) is 10.9 Å². The highest BCUT2D eigenvalue weighted by atomic mass is 16.2. The van der Waals surface area contributed by atoms with Gasteiger partial charge in [-0.05, 0) is 37.0 Å². The normalized spacial score (nSPS) is 15.8. The third kappa shape index (κ3) is 3.35. The molecule has 5 nitrogen and oxygen atoms in total. The maximum Gasteiger partial charge on any atom is 0.260 e. The first-order chi connectivity index (χ1) is 10.7. The van der Waals surface area contributed by atoms with Crippen molar-refractivity contribution in [2.75, 3.05) is 6.54 Å². The maximum atomic E-state index is 12.3. The van der Waals surface area contributed by atoms with E-state index in [0.29, 0.717) is 16.8 Å². The highest BCUT2D eigenvalue weighted by Crippen LogP contribution is 2.22. The number of hydrogen-bond donors (Lipinski definition) is 1. The van der Waals surface area contributed by atoms with Crippen molar-refractivity contribution in [3.63, 3.8) is 0 Å². The van der Waals surface area contributed by atoms with Gasteiger partial charge in [0.2, 0.25) is 5.91 Å². The summed E-state index contributed by atoms with van der Waals surface area (Å²) in [5, 5.41) is 3.51. The van der Waals surface area contributed by atoms with Gasteiger partial charge in [-0.15, -0.1) is 0 Å². The summed E-state index contributed by atoms with van der Waals surface area (Å²) >= 11 is 0. The summed E-state index contributed by atoms with van der Waals surface area (Å²) < 4.78 is 1.44. The van der Waals surface area contributed by atoms with E-state index in [1.165, 1.54) is 36.7 Å². The lowest BCUT2D eigenvalue weighted by Crippen LogP contribution is -2.35. The Labute approximate surface area is 129 Å². The molecule has 0 unspecified atom stereocenters. The fraction of sp³-hybridized carbons (Fsp3) is 0.471. The molecular formula is C17H21N3O2. The predicted molar refractivity (Wildman–Crippen MR) is 85.6 cm³/mol. The van der Waals surface area contributed by atoms with E-state index in [-0.39, 0.29) is 18.0 Å². The van der Waals surface area contributed by atoms with Crippen LogP contribution in [0, 0.1) is 5.92 Å². The zero-order valence-corrected chi connectivity index (χ0v) is 12.6. The van der Waals surface area contributed by atoms with Crippen LogP contribution in [0.15, 0.2) is 35.4 Å². The summed E-state index contributed by atoms with van der Waals surface area (Å²) in [6, 6.07) is 5.24. The molecule has 0 saturated heterocycles. The zero-order valence-electron chi connectivity index (χ0n) is 12.6. The van der Waals surface area contributed by atoms with E-state index in [4.69, 9.17) is 0 Å². The minimum absolute atomic E-state index is 0.0659. The van der Waals surface area contributed by atoms with Gasteiger partial charge in [-0.25, -0.2) is 0 Å². The SMILES string of the molecule is O=C(Cn1ccc2ncccc2c1=O)NCC1CCCCC1. The third-order valence-electron chi connectivity index (χ3n) is 4.37. The first-order valence-corrected chi connectivity index (χ1v) is 7.95. The molecule has 5 heteroatoms. The second-order valence-electron chi connectivity index (χ2n) is 5.99. The van der Waals surface area contributed by atoms with E-state index in [9.17, 15) is 9.59 Å². The molecule has 0 radical (unpaired) electrons. The Bertz CT molecular complexity index is 717. The number of carbonyl (C=O) groups is 1. The van der Waals surface area contributed by atoms with Crippen LogP contribution in [0.5, 0.6) is 0 Å². The van der Waals surface area contributed by atoms with Gasteiger partial charge >= 0.3 is 0 Å². The number of nitrogens with one attached hydrogen (secondary N) is 1. The summed E-state index contributed by atoms with van der Waals surface area (Å²) in [6.45, 7) is 0.791. The summed E-state index contributed by atoms with van der Waals surface area (Å²) in [6.07, 6.45) is 9.52. The molecule has 1 aliphatic rings. The second-order valence-corrected chi connectivity index (χ2v) is 5.99. The molecule has 1 fully saturated rings. The zero-order chi connectivity index (χ0) is 15.4. The van der Waals surface area contributed by atoms with E-state index in [1.54, 1.807) is 30.6 Å². The topological polar surface area (TPSA) is 64.0 Å². The average Bonchev–Trinajstić information content (AvgIpc) is 2.57. The smallest absolute Gasteiger partial charge is 0.260 e. The fourth-order valence-electron chi connectivity index (χ4n) is 3.10. The van der Waals surface area contributed by atoms with E-state index < -0.39 is 0 Å². The van der Waals surface area contributed by atoms with Gasteiger partial charge in [-0.3, -0.25) is 14.6 Å². The second kappa shape index (κ2) is 6.73. The lowest BCUT2D eigenvalue weighted by atomic mass is 9.89. The quantitative estimate of drug-likeness (QED) is 0.940. The monoisotopic (exact) mass is 299 g/mol. The number of fused-ring (bicyclic) bond motifs is 1. The van der Waals surface area contributed by atoms with Crippen molar-refractivity contribution in [1.82, 2.24) is 14.9 Å². The first kappa shape index (κ1) is 14.8. The van der Waals surface area contributed by atoms with Crippen LogP contribution in [0.3, 0.4) is 0 Å². The Kier molecular flexibility index (Phi) is 4.51. The molecule has 3 rings (SSSR count). The van der Waals surface area contributed by atoms with Gasteiger partial charge < -0.3 is 9.88 Å². The molecule has 1 saturated carbocycles. The van der Waals surface area contributed by atoms with Crippen molar-refractivity contribution in [3.8, 4) is 0 Å². The van der Waals surface area contributed by atoms with Crippen LogP contribution < -0.4 is 10.9 Å². The van der Waals surface area contributed by atoms with Crippen molar-refractivity contribution in [1.29, 1.82) is 0 Å². The van der Waals surface area contributed by atoms with Crippen molar-refractivity contribution in [3.05, 3.63) is 40.9 Å². The first-order valence-electron chi connectivity index (χ1n) is 7.95. The van der Waals surface area contributed by atoms with Gasteiger partial charge in [0.1, 0.15) is 6.54 Å². The van der Waals surface area contributed by atoms with E-state index >= 15 is 0 Å². The minimum Gasteiger partial charge on any atom is -0.354 e. The molecule has 0 aliphatic heterocycles. The summed E-state index contributed by atoms with van der Waals surface area (Å²) in [5.41, 5.74) is 0.491. The Balaban J connectivity index is 1.63. The highest BCUT2D eigenvalue weighted by Gasteiger charge is 2.14. The molecular weight excluding hydrogens is 278 g/mol. The Hall–Kier alpha value is -2.17. The Morgan fingerprint density at radius 3 is 2.91 bits per heavy atom. The van der Waals surface area contributed by atoms with Crippen LogP contribution in [-0.2, 0) is 11.3 Å². The summed E-state index contributed by atoms with van der Waals surface area (Å²) in [5.74, 6) is 0.492. The molecule has 22 heavy (non-hydrogen) atoms. The molecule has 1 N–H and O–H groups in total. The van der Waals surface area contributed by atoms with Gasteiger partial charge in [0.15, 0.2) is 0 Å². The van der Waals surface area contributed by atoms with Crippen molar-refractivity contribution < 1.29 is 4.79 Å². The average molecular weight is 299 g/mol. The number of carbonyl (C=O) groups excluding carboxylic acids is 1. The fourth-order valence-corrected chi connectivity index (χ4v) is 3.10. The Morgan fingerprint density at radius 2 is 2.09 bits per heavy atom. The number of amides is 1. The third-order valence-corrected chi connectivity index (χ3v) is 4.37. The van der Waals surface area contributed by atoms with Gasteiger partial charge in [-0.2, -0.15) is 0 Å². The van der Waals surface area contributed by atoms with Gasteiger partial charge in [0.25, 0.3) is 5.56 Å². The molecule has 116 valence electrons. The summed E-state index contributed by atoms with van der Waals surface area (Å²) in [7, 11) is 0. The van der Waals surface area contributed by atoms with Gasteiger partial charge in [0, 0.05) is 18.9 Å². The number of hydrogen-bond acceptors (Lipinski definition) is 3. The lowest BCUT2D eigenvalue weighted by molar-refractivity contribution is -0.121. The van der Waals surface area contributed by atoms with Crippen LogP contribution in [-0.4, -0.2) is 22.0 Å². The molecule has 2 heterocycles. The summed E-state index contributed by atoms with van der Waals surface area (Å²) in [4.78, 5) is 28.5. The molecule has 0 atom stereocenters. The standard InChI is InChI=1S/C17H21N3O2/c21-16(19-11-13-5-2-1-3-6-13)12-20-10-8-15-14(17(20)22)7-4-9-18-15/h4,7-10,13H,1-3,5-6,11-12H2,(H,19,21). The van der Waals surface area contributed by atoms with Crippen LogP contribution in [0.4, 0.5) is 0 Å². The number of aromatic nitrogens is 2. The number of rotatable bonds is 4. The molecule has 2 aromatic heterocycles. The van der Waals surface area contributed by atoms with Crippen molar-refractivity contribution in [2.45, 2.75) is 38.6 Å². The molecule has 0 aromatic carbocycles. The van der Waals surface area contributed by atoms with Crippen molar-refractivity contribution >= 4 is 16.8 Å². The predicted octanol–water partition coefficient (Wildman–Crippen LogP) is 2.09. The van der Waals surface area contributed by atoms with Gasteiger partial charge in [0.05, 0.1) is 10.9 Å². The molecule has 1 aliphatic carbocycles. The number of pyridine rings is 2. The molecule has 2 aromatic rings. The Morgan fingerprint density at radius 1 is 1.27 bits per heavy atom. The molecule has 1 amide bonds. The van der Waals surface area contributed by atoms with Crippen LogP contribution in [0.2, 0.25) is 0 Å². The van der Waals surface area contributed by atoms with E-state index in [1.807, 2.05) is 0 Å². The lowest BCUT2D eigenvalue weighted by Gasteiger charge is -2.21. The highest BCUT2D eigenvalue weighted by molar-refractivity contribution is 5.78. The van der Waals surface area contributed by atoms with Gasteiger partial charge in [-0.1, -0.05) is 19.3 Å². The van der Waals surface area contributed by atoms with Crippen LogP contribution in [0.1, 0.15) is 32.1 Å². The number of nitrogens with zero attached hydrogens (tertiary/aromatic N) is 2. The molecule has 0 bridgehead atoms. The largest absolute Gasteiger partial charge is 0.354 e. The minimum atomic E-state index is -0.168. The van der Waals surface area contributed by atoms with E-state index in [2.05, 4.69) is 10.3 Å². The van der Waals surface area contributed by atoms with E-state index in [0.717, 1.165) is 6.54 Å². The van der Waals surface area contributed by atoms with Crippen molar-refractivity contribution in [2.24, 2.45) is 5.92 Å². The van der Waals surface area contributed by atoms with Crippen LogP contribution >= 0.6 is 0 Å².